The normalized spacial score (nSPS) is 11.6. The summed E-state index contributed by atoms with van der Waals surface area (Å²) in [5.74, 6) is 0.244. The maximum atomic E-state index is 8.56. The molecule has 1 rings (SSSR count). The van der Waals surface area contributed by atoms with Gasteiger partial charge in [-0.2, -0.15) is 10.5 Å². The van der Waals surface area contributed by atoms with Crippen molar-refractivity contribution >= 4 is 11.3 Å². The molecule has 60 valence electrons. The smallest absolute Gasteiger partial charge is 0.110 e. The molecular weight excluding hydrogens is 168 g/mol. The van der Waals surface area contributed by atoms with E-state index in [1.54, 1.807) is 0 Å². The zero-order valence-electron chi connectivity index (χ0n) is 6.74. The summed E-state index contributed by atoms with van der Waals surface area (Å²) in [5, 5.41) is 19.0. The molecule has 0 spiro atoms. The third kappa shape index (κ3) is 1.84. The second-order valence-electron chi connectivity index (χ2n) is 2.62. The lowest BCUT2D eigenvalue weighted by Gasteiger charge is -2.01. The van der Waals surface area contributed by atoms with Gasteiger partial charge in [0.1, 0.15) is 10.9 Å². The van der Waals surface area contributed by atoms with Crippen molar-refractivity contribution in [3.8, 4) is 12.1 Å². The highest BCUT2D eigenvalue weighted by atomic mass is 32.1. The van der Waals surface area contributed by atoms with Crippen molar-refractivity contribution in [1.82, 2.24) is 0 Å². The van der Waals surface area contributed by atoms with Crippen molar-refractivity contribution in [2.75, 3.05) is 0 Å². The molecule has 0 aliphatic rings. The van der Waals surface area contributed by atoms with Gasteiger partial charge in [-0.1, -0.05) is 6.92 Å². The van der Waals surface area contributed by atoms with Crippen LogP contribution < -0.4 is 0 Å². The summed E-state index contributed by atoms with van der Waals surface area (Å²) in [4.78, 5) is 0.717. The molecule has 0 aliphatic heterocycles. The monoisotopic (exact) mass is 176 g/mol. The van der Waals surface area contributed by atoms with Gasteiger partial charge in [-0.15, -0.1) is 11.3 Å². The lowest BCUT2D eigenvalue weighted by molar-refractivity contribution is 0.793. The second kappa shape index (κ2) is 3.90. The van der Waals surface area contributed by atoms with Crippen LogP contribution in [-0.2, 0) is 0 Å². The van der Waals surface area contributed by atoms with Crippen LogP contribution in [0.15, 0.2) is 11.4 Å². The molecule has 0 amide bonds. The Morgan fingerprint density at radius 1 is 1.58 bits per heavy atom. The maximum absolute atomic E-state index is 8.56. The first-order chi connectivity index (χ1) is 5.77. The molecule has 1 aromatic rings. The Hall–Kier alpha value is -1.32. The Balaban J connectivity index is 2.77. The van der Waals surface area contributed by atoms with E-state index < -0.39 is 0 Å². The minimum absolute atomic E-state index is 0.244. The fraction of sp³-hybridized carbons (Fsp3) is 0.333. The van der Waals surface area contributed by atoms with Crippen LogP contribution in [0.4, 0.5) is 0 Å². The summed E-state index contributed by atoms with van der Waals surface area (Å²) in [7, 11) is 0. The first-order valence-corrected chi connectivity index (χ1v) is 4.51. The molecule has 0 bridgehead atoms. The Bertz CT molecular complexity index is 340. The molecular formula is C9H8N2S. The molecule has 0 aromatic carbocycles. The van der Waals surface area contributed by atoms with Crippen molar-refractivity contribution in [2.45, 2.75) is 19.3 Å². The van der Waals surface area contributed by atoms with E-state index in [1.807, 2.05) is 18.4 Å². The third-order valence-electron chi connectivity index (χ3n) is 1.70. The molecule has 12 heavy (non-hydrogen) atoms. The van der Waals surface area contributed by atoms with Gasteiger partial charge in [0, 0.05) is 6.42 Å². The van der Waals surface area contributed by atoms with Crippen molar-refractivity contribution in [1.29, 1.82) is 10.5 Å². The van der Waals surface area contributed by atoms with Crippen LogP contribution in [0, 0.1) is 22.7 Å². The van der Waals surface area contributed by atoms with E-state index in [-0.39, 0.29) is 5.92 Å². The standard InChI is InChI=1S/C9H8N2S/c1-7(2-3-10)8-4-9(5-11)12-6-8/h4,6-7H,2H2,1H3. The summed E-state index contributed by atoms with van der Waals surface area (Å²) in [6.45, 7) is 1.99. The molecule has 2 nitrogen and oxygen atoms in total. The van der Waals surface area contributed by atoms with Crippen LogP contribution in [-0.4, -0.2) is 0 Å². The highest BCUT2D eigenvalue weighted by molar-refractivity contribution is 7.10. The highest BCUT2D eigenvalue weighted by Crippen LogP contribution is 2.23. The average molecular weight is 176 g/mol. The van der Waals surface area contributed by atoms with Gasteiger partial charge in [0.25, 0.3) is 0 Å². The second-order valence-corrected chi connectivity index (χ2v) is 3.53. The van der Waals surface area contributed by atoms with Crippen molar-refractivity contribution in [3.05, 3.63) is 21.9 Å². The first-order valence-electron chi connectivity index (χ1n) is 3.63. The first kappa shape index (κ1) is 8.77. The van der Waals surface area contributed by atoms with Crippen LogP contribution in [0.2, 0.25) is 0 Å². The number of thiophene rings is 1. The molecule has 1 unspecified atom stereocenters. The van der Waals surface area contributed by atoms with E-state index in [0.717, 1.165) is 10.4 Å². The van der Waals surface area contributed by atoms with E-state index in [4.69, 9.17) is 10.5 Å². The van der Waals surface area contributed by atoms with Crippen molar-refractivity contribution in [3.63, 3.8) is 0 Å². The molecule has 1 heterocycles. The average Bonchev–Trinajstić information content (AvgIpc) is 2.52. The van der Waals surface area contributed by atoms with E-state index in [9.17, 15) is 0 Å². The van der Waals surface area contributed by atoms with Crippen LogP contribution in [0.5, 0.6) is 0 Å². The van der Waals surface area contributed by atoms with Gasteiger partial charge in [-0.3, -0.25) is 0 Å². The van der Waals surface area contributed by atoms with Gasteiger partial charge in [0.15, 0.2) is 0 Å². The maximum Gasteiger partial charge on any atom is 0.110 e. The molecule has 0 radical (unpaired) electrons. The van der Waals surface area contributed by atoms with Gasteiger partial charge < -0.3 is 0 Å². The molecule has 1 atom stereocenters. The van der Waals surface area contributed by atoms with Crippen LogP contribution >= 0.6 is 11.3 Å². The summed E-state index contributed by atoms with van der Waals surface area (Å²) in [6.07, 6.45) is 0.515. The fourth-order valence-electron chi connectivity index (χ4n) is 0.923. The largest absolute Gasteiger partial charge is 0.198 e. The highest BCUT2D eigenvalue weighted by Gasteiger charge is 2.06. The van der Waals surface area contributed by atoms with Gasteiger partial charge in [0.05, 0.1) is 6.07 Å². The Morgan fingerprint density at radius 3 is 2.83 bits per heavy atom. The Kier molecular flexibility index (Phi) is 2.85. The Morgan fingerprint density at radius 2 is 2.33 bits per heavy atom. The number of nitrogens with zero attached hydrogens (tertiary/aromatic N) is 2. The van der Waals surface area contributed by atoms with E-state index in [0.29, 0.717) is 6.42 Å². The number of hydrogen-bond acceptors (Lipinski definition) is 3. The quantitative estimate of drug-likeness (QED) is 0.695. The zero-order valence-corrected chi connectivity index (χ0v) is 7.56. The van der Waals surface area contributed by atoms with E-state index in [1.165, 1.54) is 11.3 Å². The SMILES string of the molecule is CC(CC#N)c1csc(C#N)c1. The minimum Gasteiger partial charge on any atom is -0.198 e. The summed E-state index contributed by atoms with van der Waals surface area (Å²) >= 11 is 1.43. The summed E-state index contributed by atoms with van der Waals surface area (Å²) in [5.41, 5.74) is 1.10. The van der Waals surface area contributed by atoms with Gasteiger partial charge in [0.2, 0.25) is 0 Å². The zero-order chi connectivity index (χ0) is 8.97. The molecule has 0 N–H and O–H groups in total. The van der Waals surface area contributed by atoms with E-state index in [2.05, 4.69) is 12.1 Å². The predicted molar refractivity (Wildman–Crippen MR) is 47.7 cm³/mol. The lowest BCUT2D eigenvalue weighted by atomic mass is 10.0. The fourth-order valence-corrected chi connectivity index (χ4v) is 1.74. The molecule has 0 saturated carbocycles. The van der Waals surface area contributed by atoms with Gasteiger partial charge >= 0.3 is 0 Å². The molecule has 0 aliphatic carbocycles. The molecule has 1 aromatic heterocycles. The van der Waals surface area contributed by atoms with Crippen LogP contribution in [0.25, 0.3) is 0 Å². The summed E-state index contributed by atoms with van der Waals surface area (Å²) in [6, 6.07) is 6.05. The van der Waals surface area contributed by atoms with Crippen LogP contribution in [0.1, 0.15) is 29.7 Å². The molecule has 3 heteroatoms. The minimum atomic E-state index is 0.244. The topological polar surface area (TPSA) is 47.6 Å². The number of hydrogen-bond donors (Lipinski definition) is 0. The Labute approximate surface area is 75.7 Å². The molecule has 0 saturated heterocycles. The molecule has 0 fully saturated rings. The van der Waals surface area contributed by atoms with Gasteiger partial charge in [-0.05, 0) is 22.9 Å². The van der Waals surface area contributed by atoms with E-state index >= 15 is 0 Å². The van der Waals surface area contributed by atoms with Crippen molar-refractivity contribution < 1.29 is 0 Å². The number of rotatable bonds is 2. The third-order valence-corrected chi connectivity index (χ3v) is 2.55. The summed E-state index contributed by atoms with van der Waals surface area (Å²) < 4.78 is 0. The van der Waals surface area contributed by atoms with Gasteiger partial charge in [-0.25, -0.2) is 0 Å². The predicted octanol–water partition coefficient (Wildman–Crippen LogP) is 2.64. The lowest BCUT2D eigenvalue weighted by Crippen LogP contribution is -1.87. The van der Waals surface area contributed by atoms with Crippen LogP contribution in [0.3, 0.4) is 0 Å². The number of nitriles is 2. The van der Waals surface area contributed by atoms with Crippen molar-refractivity contribution in [2.24, 2.45) is 0 Å².